The van der Waals surface area contributed by atoms with Crippen LogP contribution in [-0.4, -0.2) is 61.1 Å². The number of amides is 1. The van der Waals surface area contributed by atoms with Crippen LogP contribution in [0.4, 0.5) is 14.5 Å². The number of anilines is 1. The van der Waals surface area contributed by atoms with E-state index in [0.717, 1.165) is 16.8 Å². The highest BCUT2D eigenvalue weighted by Gasteiger charge is 2.29. The lowest BCUT2D eigenvalue weighted by atomic mass is 10.0. The third-order valence-corrected chi connectivity index (χ3v) is 8.84. The second-order valence-electron chi connectivity index (χ2n) is 9.81. The van der Waals surface area contributed by atoms with Crippen LogP contribution in [0.3, 0.4) is 0 Å². The van der Waals surface area contributed by atoms with Gasteiger partial charge in [-0.2, -0.15) is 14.1 Å². The highest BCUT2D eigenvalue weighted by molar-refractivity contribution is 7.88. The van der Waals surface area contributed by atoms with Crippen LogP contribution in [-0.2, 0) is 15.8 Å². The zero-order valence-corrected chi connectivity index (χ0v) is 23.7. The number of rotatable bonds is 8. The number of aromatic nitrogens is 2. The van der Waals surface area contributed by atoms with Crippen molar-refractivity contribution < 1.29 is 22.0 Å². The molecule has 4 aromatic rings. The number of carbonyl (C=O) groups is 1. The zero-order valence-electron chi connectivity index (χ0n) is 22.8. The van der Waals surface area contributed by atoms with Crippen molar-refractivity contribution in [1.82, 2.24) is 19.4 Å². The number of nitrogens with one attached hydrogen (secondary N) is 1. The Kier molecular flexibility index (Phi) is 8.46. The molecule has 0 atom stereocenters. The van der Waals surface area contributed by atoms with Gasteiger partial charge in [-0.1, -0.05) is 42.5 Å². The molecule has 1 saturated heterocycles. The smallest absolute Gasteiger partial charge is 0.281 e. The fraction of sp³-hybridized carbons (Fsp3) is 0.233. The van der Waals surface area contributed by atoms with Crippen molar-refractivity contribution in [2.75, 3.05) is 37.6 Å². The number of halogens is 2. The van der Waals surface area contributed by atoms with Gasteiger partial charge in [0.05, 0.1) is 28.9 Å². The standard InChI is InChI=1S/C30H29F2N5O4S/c1-2-33-29(38)23-10-8-22(9-11-23)28-27(19-34-37(30(28)39)26-17-24(31)16-25(32)18-26)35-12-14-36(15-13-35)42(40,41)20-21-6-4-3-5-7-21/h3-11,16-19H,2,12-15,20H2,1H3,(H,33,38). The summed E-state index contributed by atoms with van der Waals surface area (Å²) in [5, 5.41) is 6.94. The van der Waals surface area contributed by atoms with E-state index in [9.17, 15) is 26.8 Å². The van der Waals surface area contributed by atoms with Crippen LogP contribution in [0.1, 0.15) is 22.8 Å². The van der Waals surface area contributed by atoms with Crippen molar-refractivity contribution in [3.8, 4) is 16.8 Å². The molecule has 42 heavy (non-hydrogen) atoms. The monoisotopic (exact) mass is 593 g/mol. The van der Waals surface area contributed by atoms with Gasteiger partial charge in [-0.15, -0.1) is 0 Å². The van der Waals surface area contributed by atoms with Gasteiger partial charge in [-0.05, 0) is 42.3 Å². The van der Waals surface area contributed by atoms with Crippen LogP contribution in [0, 0.1) is 11.6 Å². The molecule has 0 unspecified atom stereocenters. The highest BCUT2D eigenvalue weighted by Crippen LogP contribution is 2.29. The van der Waals surface area contributed by atoms with Gasteiger partial charge in [0, 0.05) is 44.4 Å². The van der Waals surface area contributed by atoms with Gasteiger partial charge in [0.2, 0.25) is 10.0 Å². The quantitative estimate of drug-likeness (QED) is 0.335. The first-order valence-corrected chi connectivity index (χ1v) is 15.0. The summed E-state index contributed by atoms with van der Waals surface area (Å²) >= 11 is 0. The van der Waals surface area contributed by atoms with Gasteiger partial charge in [-0.25, -0.2) is 17.2 Å². The number of piperazine rings is 1. The maximum Gasteiger partial charge on any atom is 0.281 e. The highest BCUT2D eigenvalue weighted by atomic mass is 32.2. The predicted molar refractivity (Wildman–Crippen MR) is 156 cm³/mol. The summed E-state index contributed by atoms with van der Waals surface area (Å²) in [5.74, 6) is -2.09. The first-order valence-electron chi connectivity index (χ1n) is 13.4. The third-order valence-electron chi connectivity index (χ3n) is 6.99. The number of nitrogens with zero attached hydrogens (tertiary/aromatic N) is 4. The van der Waals surface area contributed by atoms with Crippen molar-refractivity contribution in [2.24, 2.45) is 0 Å². The zero-order chi connectivity index (χ0) is 29.9. The first kappa shape index (κ1) is 29.1. The van der Waals surface area contributed by atoms with E-state index in [1.165, 1.54) is 10.5 Å². The summed E-state index contributed by atoms with van der Waals surface area (Å²) in [5.41, 5.74) is 1.51. The molecule has 1 aliphatic heterocycles. The summed E-state index contributed by atoms with van der Waals surface area (Å²) in [4.78, 5) is 28.0. The van der Waals surface area contributed by atoms with E-state index in [-0.39, 0.29) is 49.1 Å². The molecule has 12 heteroatoms. The van der Waals surface area contributed by atoms with Crippen LogP contribution >= 0.6 is 0 Å². The lowest BCUT2D eigenvalue weighted by Crippen LogP contribution is -2.49. The molecule has 0 aliphatic carbocycles. The molecule has 0 saturated carbocycles. The predicted octanol–water partition coefficient (Wildman–Crippen LogP) is 3.58. The molecule has 0 bridgehead atoms. The Balaban J connectivity index is 1.49. The largest absolute Gasteiger partial charge is 0.367 e. The second-order valence-corrected chi connectivity index (χ2v) is 11.8. The molecular formula is C30H29F2N5O4S. The lowest BCUT2D eigenvalue weighted by Gasteiger charge is -2.36. The minimum atomic E-state index is -3.56. The Bertz CT molecular complexity index is 1730. The van der Waals surface area contributed by atoms with Crippen molar-refractivity contribution >= 4 is 21.6 Å². The lowest BCUT2D eigenvalue weighted by molar-refractivity contribution is 0.0956. The fourth-order valence-corrected chi connectivity index (χ4v) is 6.45. The van der Waals surface area contributed by atoms with Gasteiger partial charge in [0.1, 0.15) is 11.6 Å². The summed E-state index contributed by atoms with van der Waals surface area (Å²) < 4.78 is 56.5. The van der Waals surface area contributed by atoms with E-state index in [0.29, 0.717) is 35.0 Å². The number of hydrogen-bond acceptors (Lipinski definition) is 6. The average Bonchev–Trinajstić information content (AvgIpc) is 2.97. The SMILES string of the molecule is CCNC(=O)c1ccc(-c2c(N3CCN(S(=O)(=O)Cc4ccccc4)CC3)cnn(-c3cc(F)cc(F)c3)c2=O)cc1. The topological polar surface area (TPSA) is 105 Å². The molecule has 1 N–H and O–H groups in total. The summed E-state index contributed by atoms with van der Waals surface area (Å²) in [6.07, 6.45) is 1.44. The Labute approximate surface area is 242 Å². The van der Waals surface area contributed by atoms with E-state index >= 15 is 0 Å². The molecule has 1 amide bonds. The molecule has 1 aliphatic rings. The first-order chi connectivity index (χ1) is 20.2. The van der Waals surface area contributed by atoms with Gasteiger partial charge in [0.25, 0.3) is 11.5 Å². The van der Waals surface area contributed by atoms with Gasteiger partial charge in [-0.3, -0.25) is 9.59 Å². The molecular weight excluding hydrogens is 564 g/mol. The molecule has 9 nitrogen and oxygen atoms in total. The second kappa shape index (κ2) is 12.2. The summed E-state index contributed by atoms with van der Waals surface area (Å²) in [6, 6.07) is 18.1. The minimum Gasteiger partial charge on any atom is -0.367 e. The van der Waals surface area contributed by atoms with Gasteiger partial charge >= 0.3 is 0 Å². The minimum absolute atomic E-state index is 0.0823. The molecule has 0 radical (unpaired) electrons. The fourth-order valence-electron chi connectivity index (χ4n) is 4.94. The van der Waals surface area contributed by atoms with E-state index < -0.39 is 27.2 Å². The maximum atomic E-state index is 14.0. The Morgan fingerprint density at radius 2 is 1.57 bits per heavy atom. The van der Waals surface area contributed by atoms with Crippen molar-refractivity contribution in [1.29, 1.82) is 0 Å². The van der Waals surface area contributed by atoms with Crippen LogP contribution in [0.15, 0.2) is 83.8 Å². The van der Waals surface area contributed by atoms with Crippen LogP contribution < -0.4 is 15.8 Å². The average molecular weight is 594 g/mol. The number of sulfonamides is 1. The van der Waals surface area contributed by atoms with E-state index in [1.54, 1.807) is 55.5 Å². The van der Waals surface area contributed by atoms with Crippen molar-refractivity contribution in [3.63, 3.8) is 0 Å². The molecule has 2 heterocycles. The number of benzene rings is 3. The van der Waals surface area contributed by atoms with Crippen LogP contribution in [0.25, 0.3) is 16.8 Å². The van der Waals surface area contributed by atoms with Gasteiger partial charge in [0.15, 0.2) is 0 Å². The molecule has 5 rings (SSSR count). The summed E-state index contributed by atoms with van der Waals surface area (Å²) in [7, 11) is -3.56. The summed E-state index contributed by atoms with van der Waals surface area (Å²) in [6.45, 7) is 3.23. The number of carbonyl (C=O) groups excluding carboxylic acids is 1. The van der Waals surface area contributed by atoms with E-state index in [4.69, 9.17) is 0 Å². The van der Waals surface area contributed by atoms with E-state index in [1.807, 2.05) is 11.0 Å². The maximum absolute atomic E-state index is 14.0. The Morgan fingerprint density at radius 1 is 0.929 bits per heavy atom. The molecule has 0 spiro atoms. The molecule has 3 aromatic carbocycles. The van der Waals surface area contributed by atoms with E-state index in [2.05, 4.69) is 10.4 Å². The van der Waals surface area contributed by atoms with Crippen molar-refractivity contribution in [3.05, 3.63) is 112 Å². The molecule has 1 fully saturated rings. The Hall–Kier alpha value is -4.42. The number of hydrogen-bond donors (Lipinski definition) is 1. The van der Waals surface area contributed by atoms with Crippen LogP contribution in [0.5, 0.6) is 0 Å². The molecule has 1 aromatic heterocycles. The molecule has 218 valence electrons. The Morgan fingerprint density at radius 3 is 2.19 bits per heavy atom. The normalized spacial score (nSPS) is 14.1. The van der Waals surface area contributed by atoms with Crippen LogP contribution in [0.2, 0.25) is 0 Å². The van der Waals surface area contributed by atoms with Gasteiger partial charge < -0.3 is 10.2 Å². The van der Waals surface area contributed by atoms with Crippen molar-refractivity contribution in [2.45, 2.75) is 12.7 Å². The third kappa shape index (κ3) is 6.24.